The van der Waals surface area contributed by atoms with Crippen molar-refractivity contribution in [1.29, 1.82) is 0 Å². The van der Waals surface area contributed by atoms with Crippen molar-refractivity contribution in [2.75, 3.05) is 20.2 Å². The molecule has 1 aliphatic heterocycles. The molecule has 1 heterocycles. The standard InChI is InChI=1S/C21H21N3O3/c1-27-21(26)24-14-12-18(13-15-24)22-23-19(16-8-4-2-5-9-16)20(25)17-10-6-3-7-11-17/h2-11H,12-15H2,1H3/b23-19+. The number of piperidine rings is 1. The summed E-state index contributed by atoms with van der Waals surface area (Å²) < 4.78 is 4.74. The Labute approximate surface area is 158 Å². The van der Waals surface area contributed by atoms with E-state index in [-0.39, 0.29) is 11.9 Å². The van der Waals surface area contributed by atoms with E-state index >= 15 is 0 Å². The van der Waals surface area contributed by atoms with Gasteiger partial charge in [-0.05, 0) is 0 Å². The molecule has 0 spiro atoms. The third-order valence-corrected chi connectivity index (χ3v) is 4.36. The predicted octanol–water partition coefficient (Wildman–Crippen LogP) is 3.58. The van der Waals surface area contributed by atoms with Crippen molar-refractivity contribution in [2.45, 2.75) is 12.8 Å². The third kappa shape index (κ3) is 4.67. The van der Waals surface area contributed by atoms with Gasteiger partial charge in [-0.1, -0.05) is 60.7 Å². The number of rotatable bonds is 4. The number of carbonyl (C=O) groups is 2. The van der Waals surface area contributed by atoms with Crippen LogP contribution in [0.15, 0.2) is 70.9 Å². The monoisotopic (exact) mass is 363 g/mol. The molecule has 0 saturated carbocycles. The minimum atomic E-state index is -0.332. The van der Waals surface area contributed by atoms with Crippen LogP contribution in [0.2, 0.25) is 0 Å². The van der Waals surface area contributed by atoms with Crippen LogP contribution in [0, 0.1) is 0 Å². The number of likely N-dealkylation sites (tertiary alicyclic amines) is 1. The van der Waals surface area contributed by atoms with Crippen LogP contribution in [-0.4, -0.2) is 48.4 Å². The molecule has 138 valence electrons. The van der Waals surface area contributed by atoms with E-state index in [0.717, 1.165) is 11.3 Å². The lowest BCUT2D eigenvalue weighted by Crippen LogP contribution is -2.38. The van der Waals surface area contributed by atoms with E-state index < -0.39 is 0 Å². The van der Waals surface area contributed by atoms with Gasteiger partial charge in [0.15, 0.2) is 0 Å². The molecule has 1 fully saturated rings. The Morgan fingerprint density at radius 2 is 1.44 bits per heavy atom. The van der Waals surface area contributed by atoms with Crippen molar-refractivity contribution in [3.8, 4) is 0 Å². The number of methoxy groups -OCH3 is 1. The number of carbonyl (C=O) groups excluding carboxylic acids is 2. The zero-order valence-electron chi connectivity index (χ0n) is 15.2. The number of benzene rings is 2. The van der Waals surface area contributed by atoms with Crippen LogP contribution in [0.5, 0.6) is 0 Å². The first-order valence-corrected chi connectivity index (χ1v) is 8.80. The number of hydrogen-bond acceptors (Lipinski definition) is 5. The lowest BCUT2D eigenvalue weighted by atomic mass is 10.0. The number of ether oxygens (including phenoxy) is 1. The molecule has 27 heavy (non-hydrogen) atoms. The van der Waals surface area contributed by atoms with Gasteiger partial charge in [-0.2, -0.15) is 5.10 Å². The highest BCUT2D eigenvalue weighted by molar-refractivity contribution is 6.51. The largest absolute Gasteiger partial charge is 0.453 e. The van der Waals surface area contributed by atoms with Gasteiger partial charge in [0.1, 0.15) is 5.71 Å². The van der Waals surface area contributed by atoms with Crippen LogP contribution in [0.25, 0.3) is 0 Å². The fourth-order valence-electron chi connectivity index (χ4n) is 2.85. The molecule has 1 aliphatic rings. The van der Waals surface area contributed by atoms with E-state index in [4.69, 9.17) is 4.74 Å². The van der Waals surface area contributed by atoms with Crippen molar-refractivity contribution in [3.63, 3.8) is 0 Å². The minimum Gasteiger partial charge on any atom is -0.453 e. The van der Waals surface area contributed by atoms with E-state index in [9.17, 15) is 9.59 Å². The molecular formula is C21H21N3O3. The molecule has 0 bridgehead atoms. The van der Waals surface area contributed by atoms with E-state index in [1.165, 1.54) is 7.11 Å². The van der Waals surface area contributed by atoms with Crippen molar-refractivity contribution < 1.29 is 14.3 Å². The Hall–Kier alpha value is -3.28. The normalized spacial score (nSPS) is 14.6. The first kappa shape index (κ1) is 18.5. The second-order valence-corrected chi connectivity index (χ2v) is 6.13. The molecule has 0 N–H and O–H groups in total. The maximum atomic E-state index is 12.9. The van der Waals surface area contributed by atoms with Crippen molar-refractivity contribution in [1.82, 2.24) is 4.90 Å². The highest BCUT2D eigenvalue weighted by Crippen LogP contribution is 2.12. The molecule has 0 aliphatic carbocycles. The lowest BCUT2D eigenvalue weighted by Gasteiger charge is -2.25. The Morgan fingerprint density at radius 1 is 0.889 bits per heavy atom. The first-order valence-electron chi connectivity index (χ1n) is 8.80. The SMILES string of the molecule is COC(=O)N1CCC(=N/N=C(/C(=O)c2ccccc2)c2ccccc2)CC1. The predicted molar refractivity (Wildman–Crippen MR) is 104 cm³/mol. The summed E-state index contributed by atoms with van der Waals surface area (Å²) in [6, 6.07) is 18.4. The summed E-state index contributed by atoms with van der Waals surface area (Å²) in [7, 11) is 1.37. The average Bonchev–Trinajstić information content (AvgIpc) is 2.75. The number of nitrogens with zero attached hydrogens (tertiary/aromatic N) is 3. The quantitative estimate of drug-likeness (QED) is 0.474. The van der Waals surface area contributed by atoms with Gasteiger partial charge in [0, 0.05) is 42.8 Å². The Kier molecular flexibility index (Phi) is 6.10. The third-order valence-electron chi connectivity index (χ3n) is 4.36. The van der Waals surface area contributed by atoms with Crippen LogP contribution in [-0.2, 0) is 4.74 Å². The lowest BCUT2D eigenvalue weighted by molar-refractivity contribution is 0.106. The smallest absolute Gasteiger partial charge is 0.409 e. The molecular weight excluding hydrogens is 342 g/mol. The van der Waals surface area contributed by atoms with Gasteiger partial charge in [-0.25, -0.2) is 4.79 Å². The van der Waals surface area contributed by atoms with E-state index in [1.807, 2.05) is 48.5 Å². The second-order valence-electron chi connectivity index (χ2n) is 6.13. The van der Waals surface area contributed by atoms with Crippen LogP contribution in [0.3, 0.4) is 0 Å². The van der Waals surface area contributed by atoms with Gasteiger partial charge < -0.3 is 9.64 Å². The van der Waals surface area contributed by atoms with Gasteiger partial charge in [0.25, 0.3) is 0 Å². The minimum absolute atomic E-state index is 0.168. The van der Waals surface area contributed by atoms with Gasteiger partial charge in [-0.3, -0.25) is 4.79 Å². The molecule has 0 aromatic heterocycles. The van der Waals surface area contributed by atoms with Crippen LogP contribution in [0.4, 0.5) is 4.79 Å². The van der Waals surface area contributed by atoms with Crippen LogP contribution >= 0.6 is 0 Å². The second kappa shape index (κ2) is 8.89. The Balaban J connectivity index is 1.84. The van der Waals surface area contributed by atoms with Gasteiger partial charge in [-0.15, -0.1) is 5.10 Å². The first-order chi connectivity index (χ1) is 13.2. The van der Waals surface area contributed by atoms with Crippen LogP contribution < -0.4 is 0 Å². The molecule has 2 aromatic carbocycles. The number of amides is 1. The summed E-state index contributed by atoms with van der Waals surface area (Å²) in [6.07, 6.45) is 0.891. The fraction of sp³-hybridized carbons (Fsp3) is 0.238. The molecule has 2 aromatic rings. The van der Waals surface area contributed by atoms with Crippen molar-refractivity contribution >= 4 is 23.3 Å². The van der Waals surface area contributed by atoms with Crippen molar-refractivity contribution in [3.05, 3.63) is 71.8 Å². The summed E-state index contributed by atoms with van der Waals surface area (Å²) in [6.45, 7) is 1.07. The average molecular weight is 363 g/mol. The number of hydrogen-bond donors (Lipinski definition) is 0. The number of ketones is 1. The van der Waals surface area contributed by atoms with Gasteiger partial charge in [0.2, 0.25) is 5.78 Å². The topological polar surface area (TPSA) is 71.3 Å². The molecule has 6 heteroatoms. The van der Waals surface area contributed by atoms with Crippen molar-refractivity contribution in [2.24, 2.45) is 10.2 Å². The maximum Gasteiger partial charge on any atom is 0.409 e. The highest BCUT2D eigenvalue weighted by atomic mass is 16.5. The molecule has 1 saturated heterocycles. The summed E-state index contributed by atoms with van der Waals surface area (Å²) in [5.41, 5.74) is 2.47. The molecule has 3 rings (SSSR count). The van der Waals surface area contributed by atoms with E-state index in [2.05, 4.69) is 10.2 Å². The van der Waals surface area contributed by atoms with Gasteiger partial charge >= 0.3 is 6.09 Å². The molecule has 1 amide bonds. The molecule has 6 nitrogen and oxygen atoms in total. The molecule has 0 radical (unpaired) electrons. The summed E-state index contributed by atoms with van der Waals surface area (Å²) >= 11 is 0. The zero-order chi connectivity index (χ0) is 19.1. The molecule has 0 atom stereocenters. The van der Waals surface area contributed by atoms with Crippen LogP contribution in [0.1, 0.15) is 28.8 Å². The fourth-order valence-corrected chi connectivity index (χ4v) is 2.85. The number of Topliss-reactive ketones (excluding diaryl/α,β-unsaturated/α-hetero) is 1. The summed E-state index contributed by atoms with van der Waals surface area (Å²) in [4.78, 5) is 26.1. The molecule has 0 unspecified atom stereocenters. The van der Waals surface area contributed by atoms with E-state index in [0.29, 0.717) is 37.2 Å². The highest BCUT2D eigenvalue weighted by Gasteiger charge is 2.21. The summed E-state index contributed by atoms with van der Waals surface area (Å²) in [5.74, 6) is -0.168. The Morgan fingerprint density at radius 3 is 2.00 bits per heavy atom. The zero-order valence-corrected chi connectivity index (χ0v) is 15.2. The Bertz CT molecular complexity index is 851. The van der Waals surface area contributed by atoms with Gasteiger partial charge in [0.05, 0.1) is 7.11 Å². The summed E-state index contributed by atoms with van der Waals surface area (Å²) in [5, 5.41) is 8.64. The maximum absolute atomic E-state index is 12.9. The van der Waals surface area contributed by atoms with E-state index in [1.54, 1.807) is 17.0 Å².